The van der Waals surface area contributed by atoms with Crippen molar-refractivity contribution in [3.8, 4) is 17.1 Å². The average Bonchev–Trinajstić information content (AvgIpc) is 3.15. The number of aryl methyl sites for hydroxylation is 1. The molecule has 1 aliphatic heterocycles. The Bertz CT molecular complexity index is 1290. The minimum atomic E-state index is -0.0613. The van der Waals surface area contributed by atoms with Crippen molar-refractivity contribution in [1.82, 2.24) is 29.6 Å². The van der Waals surface area contributed by atoms with Gasteiger partial charge in [0.2, 0.25) is 0 Å². The minimum Gasteiger partial charge on any atom is -0.306 e. The van der Waals surface area contributed by atoms with Crippen LogP contribution in [0.4, 0.5) is 0 Å². The van der Waals surface area contributed by atoms with Gasteiger partial charge in [0.15, 0.2) is 0 Å². The summed E-state index contributed by atoms with van der Waals surface area (Å²) in [6.45, 7) is 6.39. The quantitative estimate of drug-likeness (QED) is 0.557. The highest BCUT2D eigenvalue weighted by molar-refractivity contribution is 5.54. The number of hydrogen-bond donors (Lipinski definition) is 1. The number of pyridine rings is 1. The van der Waals surface area contributed by atoms with Crippen LogP contribution in [0.1, 0.15) is 28.1 Å². The smallest absolute Gasteiger partial charge is 0.255 e. The number of aromatic nitrogens is 5. The van der Waals surface area contributed by atoms with Crippen LogP contribution in [-0.2, 0) is 19.5 Å². The van der Waals surface area contributed by atoms with Crippen molar-refractivity contribution in [1.29, 1.82) is 0 Å². The number of nitrogens with one attached hydrogen (secondary N) is 1. The SMILES string of the molecule is Cc1ccccc1-n1ncc(CN2CCc3nc(-c4ccncc4)[nH]c(=O)c3C2)c1C. The highest BCUT2D eigenvalue weighted by Crippen LogP contribution is 2.22. The van der Waals surface area contributed by atoms with Crippen LogP contribution in [0.15, 0.2) is 59.8 Å². The normalized spacial score (nSPS) is 13.9. The molecule has 0 bridgehead atoms. The van der Waals surface area contributed by atoms with E-state index in [0.717, 1.165) is 47.7 Å². The molecule has 4 heterocycles. The summed E-state index contributed by atoms with van der Waals surface area (Å²) < 4.78 is 2.00. The highest BCUT2D eigenvalue weighted by Gasteiger charge is 2.23. The number of para-hydroxylation sites is 1. The van der Waals surface area contributed by atoms with Crippen LogP contribution in [0.25, 0.3) is 17.1 Å². The van der Waals surface area contributed by atoms with Crippen LogP contribution in [-0.4, -0.2) is 36.2 Å². The molecule has 4 aromatic rings. The number of nitrogens with zero attached hydrogens (tertiary/aromatic N) is 5. The summed E-state index contributed by atoms with van der Waals surface area (Å²) in [4.78, 5) is 26.8. The summed E-state index contributed by atoms with van der Waals surface area (Å²) in [6.07, 6.45) is 6.10. The Kier molecular flexibility index (Phi) is 4.95. The molecule has 0 saturated heterocycles. The van der Waals surface area contributed by atoms with E-state index in [2.05, 4.69) is 45.9 Å². The second-order valence-corrected chi connectivity index (χ2v) is 7.99. The van der Waals surface area contributed by atoms with E-state index < -0.39 is 0 Å². The highest BCUT2D eigenvalue weighted by atomic mass is 16.1. The summed E-state index contributed by atoms with van der Waals surface area (Å²) in [5.74, 6) is 0.606. The van der Waals surface area contributed by atoms with E-state index in [1.807, 2.05) is 35.1 Å². The van der Waals surface area contributed by atoms with Crippen LogP contribution >= 0.6 is 0 Å². The second kappa shape index (κ2) is 7.92. The minimum absolute atomic E-state index is 0.0613. The molecule has 5 rings (SSSR count). The zero-order valence-corrected chi connectivity index (χ0v) is 17.7. The predicted molar refractivity (Wildman–Crippen MR) is 119 cm³/mol. The molecule has 0 fully saturated rings. The monoisotopic (exact) mass is 412 g/mol. The molecule has 156 valence electrons. The van der Waals surface area contributed by atoms with Gasteiger partial charge in [-0.05, 0) is 37.6 Å². The van der Waals surface area contributed by atoms with E-state index in [1.165, 1.54) is 11.1 Å². The van der Waals surface area contributed by atoms with Crippen molar-refractivity contribution in [2.75, 3.05) is 6.54 Å². The van der Waals surface area contributed by atoms with Crippen molar-refractivity contribution in [3.63, 3.8) is 0 Å². The lowest BCUT2D eigenvalue weighted by atomic mass is 10.1. The molecule has 0 spiro atoms. The van der Waals surface area contributed by atoms with Gasteiger partial charge in [-0.1, -0.05) is 18.2 Å². The Hall–Kier alpha value is -3.58. The van der Waals surface area contributed by atoms with Gasteiger partial charge in [-0.25, -0.2) is 9.67 Å². The molecule has 0 atom stereocenters. The molecule has 1 aliphatic rings. The fourth-order valence-electron chi connectivity index (χ4n) is 4.15. The second-order valence-electron chi connectivity index (χ2n) is 7.99. The van der Waals surface area contributed by atoms with Gasteiger partial charge in [0, 0.05) is 55.3 Å². The Labute approximate surface area is 180 Å². The molecular weight excluding hydrogens is 388 g/mol. The zero-order valence-electron chi connectivity index (χ0n) is 17.7. The van der Waals surface area contributed by atoms with Crippen LogP contribution < -0.4 is 5.56 Å². The number of benzene rings is 1. The van der Waals surface area contributed by atoms with Crippen LogP contribution in [0.5, 0.6) is 0 Å². The number of rotatable bonds is 4. The number of fused-ring (bicyclic) bond motifs is 1. The third kappa shape index (κ3) is 3.68. The molecule has 7 nitrogen and oxygen atoms in total. The van der Waals surface area contributed by atoms with Crippen molar-refractivity contribution < 1.29 is 0 Å². The van der Waals surface area contributed by atoms with Crippen molar-refractivity contribution in [3.05, 3.63) is 93.4 Å². The van der Waals surface area contributed by atoms with E-state index in [4.69, 9.17) is 4.98 Å². The van der Waals surface area contributed by atoms with Gasteiger partial charge in [-0.2, -0.15) is 5.10 Å². The van der Waals surface area contributed by atoms with Crippen LogP contribution in [0, 0.1) is 13.8 Å². The molecule has 3 aromatic heterocycles. The number of hydrogen-bond acceptors (Lipinski definition) is 5. The lowest BCUT2D eigenvalue weighted by Gasteiger charge is -2.27. The molecular formula is C24H24N6O. The first-order valence-electron chi connectivity index (χ1n) is 10.4. The first kappa shape index (κ1) is 19.4. The van der Waals surface area contributed by atoms with E-state index in [-0.39, 0.29) is 5.56 Å². The Morgan fingerprint density at radius 2 is 1.90 bits per heavy atom. The van der Waals surface area contributed by atoms with Crippen molar-refractivity contribution in [2.24, 2.45) is 0 Å². The topological polar surface area (TPSA) is 79.7 Å². The van der Waals surface area contributed by atoms with Crippen molar-refractivity contribution >= 4 is 0 Å². The van der Waals surface area contributed by atoms with Gasteiger partial charge >= 0.3 is 0 Å². The average molecular weight is 412 g/mol. The third-order valence-corrected chi connectivity index (χ3v) is 5.95. The fraction of sp³-hybridized carbons (Fsp3) is 0.250. The summed E-state index contributed by atoms with van der Waals surface area (Å²) in [5, 5.41) is 4.62. The van der Waals surface area contributed by atoms with E-state index in [9.17, 15) is 4.79 Å². The van der Waals surface area contributed by atoms with Crippen molar-refractivity contribution in [2.45, 2.75) is 33.4 Å². The Morgan fingerprint density at radius 1 is 1.10 bits per heavy atom. The molecule has 0 aliphatic carbocycles. The first-order valence-corrected chi connectivity index (χ1v) is 10.4. The van der Waals surface area contributed by atoms with Gasteiger partial charge in [-0.15, -0.1) is 0 Å². The summed E-state index contributed by atoms with van der Waals surface area (Å²) >= 11 is 0. The Balaban J connectivity index is 1.38. The van der Waals surface area contributed by atoms with Crippen LogP contribution in [0.3, 0.4) is 0 Å². The van der Waals surface area contributed by atoms with E-state index >= 15 is 0 Å². The number of aromatic amines is 1. The van der Waals surface area contributed by atoms with Gasteiger partial charge < -0.3 is 4.98 Å². The van der Waals surface area contributed by atoms with Gasteiger partial charge in [-0.3, -0.25) is 14.7 Å². The third-order valence-electron chi connectivity index (χ3n) is 5.95. The molecule has 7 heteroatoms. The fourth-order valence-corrected chi connectivity index (χ4v) is 4.15. The summed E-state index contributed by atoms with van der Waals surface area (Å²) in [6, 6.07) is 12.0. The van der Waals surface area contributed by atoms with Crippen LogP contribution in [0.2, 0.25) is 0 Å². The maximum Gasteiger partial charge on any atom is 0.255 e. The zero-order chi connectivity index (χ0) is 21.4. The van der Waals surface area contributed by atoms with Gasteiger partial charge in [0.1, 0.15) is 5.82 Å². The van der Waals surface area contributed by atoms with Gasteiger partial charge in [0.25, 0.3) is 5.56 Å². The lowest BCUT2D eigenvalue weighted by molar-refractivity contribution is 0.241. The molecule has 0 unspecified atom stereocenters. The molecule has 1 aromatic carbocycles. The largest absolute Gasteiger partial charge is 0.306 e. The number of H-pyrrole nitrogens is 1. The molecule has 1 N–H and O–H groups in total. The summed E-state index contributed by atoms with van der Waals surface area (Å²) in [7, 11) is 0. The molecule has 31 heavy (non-hydrogen) atoms. The first-order chi connectivity index (χ1) is 15.1. The molecule has 0 saturated carbocycles. The molecule has 0 amide bonds. The Morgan fingerprint density at radius 3 is 2.71 bits per heavy atom. The standard InChI is InChI=1S/C24H24N6O/c1-16-5-3-4-6-22(16)30-17(2)19(13-26-30)14-29-12-9-21-20(15-29)24(31)28-23(27-21)18-7-10-25-11-8-18/h3-8,10-11,13H,9,12,14-15H2,1-2H3,(H,27,28,31). The van der Waals surface area contributed by atoms with E-state index in [1.54, 1.807) is 12.4 Å². The lowest BCUT2D eigenvalue weighted by Crippen LogP contribution is -2.35. The maximum absolute atomic E-state index is 12.8. The maximum atomic E-state index is 12.8. The predicted octanol–water partition coefficient (Wildman–Crippen LogP) is 3.19. The van der Waals surface area contributed by atoms with E-state index in [0.29, 0.717) is 12.4 Å². The molecule has 0 radical (unpaired) electrons. The van der Waals surface area contributed by atoms with Gasteiger partial charge in [0.05, 0.1) is 23.1 Å². The summed E-state index contributed by atoms with van der Waals surface area (Å²) in [5.41, 5.74) is 7.04.